The monoisotopic (exact) mass is 386 g/mol. The van der Waals surface area contributed by atoms with Crippen LogP contribution in [0.2, 0.25) is 0 Å². The Hall–Kier alpha value is -2.25. The molecule has 142 valence electrons. The van der Waals surface area contributed by atoms with Gasteiger partial charge in [-0.3, -0.25) is 9.59 Å². The SMILES string of the molecule is O=C(NCC[NH+]1CCCC1)c1ccc(CN2C(=O)CSc3ccccc32)o1. The van der Waals surface area contributed by atoms with Crippen molar-refractivity contribution in [3.63, 3.8) is 0 Å². The van der Waals surface area contributed by atoms with E-state index in [-0.39, 0.29) is 11.8 Å². The molecule has 1 aromatic heterocycles. The molecular weight excluding hydrogens is 362 g/mol. The Morgan fingerprint density at radius 1 is 1.19 bits per heavy atom. The number of nitrogens with one attached hydrogen (secondary N) is 2. The maximum Gasteiger partial charge on any atom is 0.287 e. The quantitative estimate of drug-likeness (QED) is 0.786. The third-order valence-electron chi connectivity index (χ3n) is 5.08. The third kappa shape index (κ3) is 4.20. The Labute approximate surface area is 162 Å². The maximum atomic E-state index is 12.4. The van der Waals surface area contributed by atoms with Crippen molar-refractivity contribution in [3.05, 3.63) is 47.9 Å². The van der Waals surface area contributed by atoms with Crippen molar-refractivity contribution >= 4 is 29.3 Å². The maximum absolute atomic E-state index is 12.4. The third-order valence-corrected chi connectivity index (χ3v) is 6.13. The Kier molecular flexibility index (Phi) is 5.50. The van der Waals surface area contributed by atoms with E-state index in [1.54, 1.807) is 33.7 Å². The van der Waals surface area contributed by atoms with E-state index in [1.165, 1.54) is 25.9 Å². The molecule has 6 nitrogen and oxygen atoms in total. The molecule has 3 heterocycles. The van der Waals surface area contributed by atoms with Crippen molar-refractivity contribution < 1.29 is 18.9 Å². The van der Waals surface area contributed by atoms with Crippen molar-refractivity contribution in [3.8, 4) is 0 Å². The molecule has 7 heteroatoms. The molecule has 1 saturated heterocycles. The van der Waals surface area contributed by atoms with Crippen molar-refractivity contribution in [1.82, 2.24) is 5.32 Å². The van der Waals surface area contributed by atoms with Gasteiger partial charge in [-0.05, 0) is 24.3 Å². The highest BCUT2D eigenvalue weighted by atomic mass is 32.2. The summed E-state index contributed by atoms with van der Waals surface area (Å²) < 4.78 is 5.71. The zero-order valence-corrected chi connectivity index (χ0v) is 16.0. The van der Waals surface area contributed by atoms with Crippen LogP contribution < -0.4 is 15.1 Å². The molecule has 2 amide bonds. The molecule has 0 atom stereocenters. The number of carbonyl (C=O) groups is 2. The Balaban J connectivity index is 1.36. The van der Waals surface area contributed by atoms with Crippen molar-refractivity contribution in [2.24, 2.45) is 0 Å². The number of likely N-dealkylation sites (tertiary alicyclic amines) is 1. The van der Waals surface area contributed by atoms with Crippen molar-refractivity contribution in [2.75, 3.05) is 36.8 Å². The zero-order valence-electron chi connectivity index (χ0n) is 15.2. The fourth-order valence-corrected chi connectivity index (χ4v) is 4.57. The van der Waals surface area contributed by atoms with Crippen LogP contribution >= 0.6 is 11.8 Å². The van der Waals surface area contributed by atoms with Crippen LogP contribution in [0.3, 0.4) is 0 Å². The van der Waals surface area contributed by atoms with E-state index < -0.39 is 0 Å². The van der Waals surface area contributed by atoms with E-state index in [9.17, 15) is 9.59 Å². The fourth-order valence-electron chi connectivity index (χ4n) is 3.63. The highest BCUT2D eigenvalue weighted by molar-refractivity contribution is 8.00. The zero-order chi connectivity index (χ0) is 18.6. The van der Waals surface area contributed by atoms with Crippen LogP contribution in [0.4, 0.5) is 5.69 Å². The molecule has 27 heavy (non-hydrogen) atoms. The molecule has 1 aromatic carbocycles. The molecule has 0 bridgehead atoms. The lowest BCUT2D eigenvalue weighted by molar-refractivity contribution is -0.886. The van der Waals surface area contributed by atoms with Gasteiger partial charge in [-0.1, -0.05) is 12.1 Å². The number of fused-ring (bicyclic) bond motifs is 1. The van der Waals surface area contributed by atoms with Crippen molar-refractivity contribution in [2.45, 2.75) is 24.3 Å². The number of nitrogens with zero attached hydrogens (tertiary/aromatic N) is 1. The van der Waals surface area contributed by atoms with Gasteiger partial charge < -0.3 is 19.5 Å². The molecule has 2 N–H and O–H groups in total. The molecule has 0 radical (unpaired) electrons. The summed E-state index contributed by atoms with van der Waals surface area (Å²) in [6.07, 6.45) is 2.56. The van der Waals surface area contributed by atoms with E-state index in [0.717, 1.165) is 17.1 Å². The molecular formula is C20H24N3O3S+. The molecule has 4 rings (SSSR count). The standard InChI is InChI=1S/C20H23N3O3S/c24-19-14-27-18-6-2-1-5-16(18)23(19)13-15-7-8-17(26-15)20(25)21-9-12-22-10-3-4-11-22/h1-2,5-8H,3-4,9-14H2,(H,21,25)/p+1. The van der Waals surface area contributed by atoms with Crippen LogP contribution in [0.5, 0.6) is 0 Å². The highest BCUT2D eigenvalue weighted by Gasteiger charge is 2.25. The number of hydrogen-bond acceptors (Lipinski definition) is 4. The molecule has 0 aliphatic carbocycles. The van der Waals surface area contributed by atoms with Gasteiger partial charge in [0, 0.05) is 17.7 Å². The average Bonchev–Trinajstić information content (AvgIpc) is 3.36. The number of rotatable bonds is 6. The van der Waals surface area contributed by atoms with Gasteiger partial charge in [0.15, 0.2) is 5.76 Å². The summed E-state index contributed by atoms with van der Waals surface area (Å²) in [6.45, 7) is 4.34. The van der Waals surface area contributed by atoms with E-state index in [0.29, 0.717) is 30.4 Å². The number of amides is 2. The van der Waals surface area contributed by atoms with Crippen molar-refractivity contribution in [1.29, 1.82) is 0 Å². The van der Waals surface area contributed by atoms with Gasteiger partial charge in [-0.15, -0.1) is 11.8 Å². The smallest absolute Gasteiger partial charge is 0.287 e. The second-order valence-electron chi connectivity index (χ2n) is 6.97. The molecule has 1 fully saturated rings. The Morgan fingerprint density at radius 3 is 2.85 bits per heavy atom. The molecule has 2 aliphatic heterocycles. The molecule has 0 saturated carbocycles. The van der Waals surface area contributed by atoms with Gasteiger partial charge in [0.25, 0.3) is 5.91 Å². The lowest BCUT2D eigenvalue weighted by Crippen LogP contribution is -3.10. The predicted molar refractivity (Wildman–Crippen MR) is 104 cm³/mol. The Morgan fingerprint density at radius 2 is 2.00 bits per heavy atom. The summed E-state index contributed by atoms with van der Waals surface area (Å²) in [5, 5.41) is 2.93. The summed E-state index contributed by atoms with van der Waals surface area (Å²) in [4.78, 5) is 29.0. The predicted octanol–water partition coefficient (Wildman–Crippen LogP) is 1.33. The van der Waals surface area contributed by atoms with Crippen LogP contribution in [-0.4, -0.2) is 43.7 Å². The summed E-state index contributed by atoms with van der Waals surface area (Å²) >= 11 is 1.55. The summed E-state index contributed by atoms with van der Waals surface area (Å²) in [5.41, 5.74) is 0.898. The van der Waals surface area contributed by atoms with Gasteiger partial charge in [0.05, 0.1) is 44.2 Å². The largest absolute Gasteiger partial charge is 0.454 e. The second-order valence-corrected chi connectivity index (χ2v) is 7.98. The number of quaternary nitrogens is 1. The highest BCUT2D eigenvalue weighted by Crippen LogP contribution is 2.35. The Bertz CT molecular complexity index is 829. The molecule has 2 aromatic rings. The molecule has 0 spiro atoms. The fraction of sp³-hybridized carbons (Fsp3) is 0.400. The van der Waals surface area contributed by atoms with E-state index in [2.05, 4.69) is 5.32 Å². The van der Waals surface area contributed by atoms with Crippen LogP contribution in [0.15, 0.2) is 45.7 Å². The van der Waals surface area contributed by atoms with Gasteiger partial charge >= 0.3 is 0 Å². The number of furan rings is 1. The topological polar surface area (TPSA) is 67.0 Å². The average molecular weight is 386 g/mol. The van der Waals surface area contributed by atoms with Crippen LogP contribution in [0.25, 0.3) is 0 Å². The van der Waals surface area contributed by atoms with Gasteiger partial charge in [0.2, 0.25) is 5.91 Å². The van der Waals surface area contributed by atoms with Crippen LogP contribution in [0, 0.1) is 0 Å². The van der Waals surface area contributed by atoms with E-state index in [1.807, 2.05) is 24.3 Å². The molecule has 2 aliphatic rings. The minimum absolute atomic E-state index is 0.0506. The minimum Gasteiger partial charge on any atom is -0.454 e. The minimum atomic E-state index is -0.194. The van der Waals surface area contributed by atoms with E-state index in [4.69, 9.17) is 4.42 Å². The van der Waals surface area contributed by atoms with Gasteiger partial charge in [-0.25, -0.2) is 0 Å². The number of thioether (sulfide) groups is 1. The number of benzene rings is 1. The number of hydrogen-bond donors (Lipinski definition) is 2. The number of carbonyl (C=O) groups excluding carboxylic acids is 2. The normalized spacial score (nSPS) is 17.2. The summed E-state index contributed by atoms with van der Waals surface area (Å²) in [6, 6.07) is 11.3. The summed E-state index contributed by atoms with van der Waals surface area (Å²) in [5.74, 6) is 1.19. The van der Waals surface area contributed by atoms with Gasteiger partial charge in [0.1, 0.15) is 5.76 Å². The van der Waals surface area contributed by atoms with Gasteiger partial charge in [-0.2, -0.15) is 0 Å². The first-order chi connectivity index (χ1) is 13.2. The van der Waals surface area contributed by atoms with E-state index >= 15 is 0 Å². The summed E-state index contributed by atoms with van der Waals surface area (Å²) in [7, 11) is 0. The molecule has 0 unspecified atom stereocenters. The van der Waals surface area contributed by atoms with Crippen LogP contribution in [-0.2, 0) is 11.3 Å². The first kappa shape index (κ1) is 18.1. The first-order valence-corrected chi connectivity index (χ1v) is 10.4. The lowest BCUT2D eigenvalue weighted by atomic mass is 10.2. The first-order valence-electron chi connectivity index (χ1n) is 9.43. The number of para-hydroxylation sites is 1. The number of anilines is 1. The van der Waals surface area contributed by atoms with Crippen LogP contribution in [0.1, 0.15) is 29.2 Å². The lowest BCUT2D eigenvalue weighted by Gasteiger charge is -2.28. The second kappa shape index (κ2) is 8.19.